The monoisotopic (exact) mass is 480 g/mol. The summed E-state index contributed by atoms with van der Waals surface area (Å²) in [5, 5.41) is 11.4. The van der Waals surface area contributed by atoms with E-state index in [1.54, 1.807) is 19.1 Å². The third kappa shape index (κ3) is 4.15. The predicted molar refractivity (Wildman–Crippen MR) is 136 cm³/mol. The van der Waals surface area contributed by atoms with E-state index in [1.807, 2.05) is 6.08 Å². The summed E-state index contributed by atoms with van der Waals surface area (Å²) in [7, 11) is 0. The summed E-state index contributed by atoms with van der Waals surface area (Å²) in [6.07, 6.45) is 11.9. The van der Waals surface area contributed by atoms with Crippen molar-refractivity contribution in [1.82, 2.24) is 0 Å². The van der Waals surface area contributed by atoms with Gasteiger partial charge in [0.05, 0.1) is 6.61 Å². The number of carbonyl (C=O) groups excluding carboxylic acids is 1. The Balaban J connectivity index is 1.41. The number of ether oxygens (including phenoxy) is 1. The van der Waals surface area contributed by atoms with Gasteiger partial charge in [-0.1, -0.05) is 43.7 Å². The van der Waals surface area contributed by atoms with Crippen molar-refractivity contribution < 1.29 is 19.0 Å². The Bertz CT molecular complexity index is 1010. The van der Waals surface area contributed by atoms with E-state index in [9.17, 15) is 14.3 Å². The Labute approximate surface area is 209 Å². The molecule has 4 aliphatic carbocycles. The van der Waals surface area contributed by atoms with Crippen LogP contribution in [0.5, 0.6) is 0 Å². The Morgan fingerprint density at radius 1 is 1.14 bits per heavy atom. The number of hydrogen-bond donors (Lipinski definition) is 1. The first-order valence-electron chi connectivity index (χ1n) is 13.5. The molecule has 35 heavy (non-hydrogen) atoms. The largest absolute Gasteiger partial charge is 0.365 e. The van der Waals surface area contributed by atoms with Gasteiger partial charge in [-0.25, -0.2) is 4.39 Å². The maximum absolute atomic E-state index is 13.3. The molecule has 8 unspecified atom stereocenters. The van der Waals surface area contributed by atoms with E-state index in [0.717, 1.165) is 44.1 Å². The smallest absolute Gasteiger partial charge is 0.169 e. The van der Waals surface area contributed by atoms with Crippen molar-refractivity contribution >= 4 is 5.78 Å². The highest BCUT2D eigenvalue weighted by molar-refractivity contribution is 5.79. The summed E-state index contributed by atoms with van der Waals surface area (Å²) >= 11 is 0. The summed E-state index contributed by atoms with van der Waals surface area (Å²) in [5.41, 5.74) is 2.37. The van der Waals surface area contributed by atoms with Crippen LogP contribution in [0.15, 0.2) is 48.6 Å². The highest BCUT2D eigenvalue weighted by atomic mass is 19.1. The fourth-order valence-corrected chi connectivity index (χ4v) is 8.79. The molecule has 3 nitrogen and oxygen atoms in total. The number of carbonyl (C=O) groups is 1. The SMILES string of the molecule is C=CCC1C=C2CC(O)(OCc3ccc(F)cc3)CCC2(C)C2CCC3(C)C(C(C)=O)CCC3C12. The quantitative estimate of drug-likeness (QED) is 0.352. The van der Waals surface area contributed by atoms with E-state index < -0.39 is 5.79 Å². The van der Waals surface area contributed by atoms with Gasteiger partial charge in [-0.15, -0.1) is 6.58 Å². The predicted octanol–water partition coefficient (Wildman–Crippen LogP) is 7.00. The third-order valence-corrected chi connectivity index (χ3v) is 10.6. The molecule has 4 aliphatic rings. The molecule has 4 heteroatoms. The van der Waals surface area contributed by atoms with Crippen molar-refractivity contribution in [2.75, 3.05) is 0 Å². The van der Waals surface area contributed by atoms with Crippen LogP contribution in [0.25, 0.3) is 0 Å². The van der Waals surface area contributed by atoms with E-state index in [0.29, 0.717) is 42.3 Å². The van der Waals surface area contributed by atoms with Crippen LogP contribution in [0.4, 0.5) is 4.39 Å². The number of fused-ring (bicyclic) bond motifs is 5. The number of hydrogen-bond acceptors (Lipinski definition) is 3. The molecule has 0 bridgehead atoms. The van der Waals surface area contributed by atoms with E-state index in [2.05, 4.69) is 26.5 Å². The zero-order valence-corrected chi connectivity index (χ0v) is 21.6. The number of ketones is 1. The average molecular weight is 481 g/mol. The Kier molecular flexibility index (Phi) is 6.37. The van der Waals surface area contributed by atoms with Crippen LogP contribution in [0, 0.1) is 46.2 Å². The first-order chi connectivity index (χ1) is 16.6. The maximum atomic E-state index is 13.3. The maximum Gasteiger partial charge on any atom is 0.169 e. The van der Waals surface area contributed by atoms with Gasteiger partial charge >= 0.3 is 0 Å². The summed E-state index contributed by atoms with van der Waals surface area (Å²) in [4.78, 5) is 12.5. The number of Topliss-reactive ketones (excluding diaryl/α,β-unsaturated/α-hetero) is 1. The molecular formula is C31H41FO3. The summed E-state index contributed by atoms with van der Waals surface area (Å²) < 4.78 is 19.3. The Hall–Kier alpha value is -1.78. The second-order valence-corrected chi connectivity index (χ2v) is 12.4. The minimum atomic E-state index is -1.19. The van der Waals surface area contributed by atoms with E-state index >= 15 is 0 Å². The topological polar surface area (TPSA) is 46.5 Å². The normalized spacial score (nSPS) is 42.4. The van der Waals surface area contributed by atoms with Crippen molar-refractivity contribution in [2.45, 2.75) is 84.5 Å². The van der Waals surface area contributed by atoms with Gasteiger partial charge in [0.15, 0.2) is 5.79 Å². The first kappa shape index (κ1) is 24.9. The molecular weight excluding hydrogens is 439 g/mol. The van der Waals surface area contributed by atoms with Crippen molar-refractivity contribution in [2.24, 2.45) is 40.4 Å². The summed E-state index contributed by atoms with van der Waals surface area (Å²) in [6.45, 7) is 10.9. The molecule has 1 aromatic carbocycles. The van der Waals surface area contributed by atoms with Crippen LogP contribution in [-0.2, 0) is 16.1 Å². The molecule has 0 aromatic heterocycles. The number of rotatable bonds is 6. The Morgan fingerprint density at radius 3 is 2.57 bits per heavy atom. The zero-order chi connectivity index (χ0) is 25.0. The van der Waals surface area contributed by atoms with Gasteiger partial charge in [0.25, 0.3) is 0 Å². The van der Waals surface area contributed by atoms with Crippen molar-refractivity contribution in [3.05, 3.63) is 60.0 Å². The summed E-state index contributed by atoms with van der Waals surface area (Å²) in [5.74, 6) is 1.22. The van der Waals surface area contributed by atoms with E-state index in [-0.39, 0.29) is 29.2 Å². The fraction of sp³-hybridized carbons (Fsp3) is 0.645. The highest BCUT2D eigenvalue weighted by Gasteiger charge is 2.62. The first-order valence-corrected chi connectivity index (χ1v) is 13.5. The van der Waals surface area contributed by atoms with E-state index in [4.69, 9.17) is 4.74 Å². The molecule has 190 valence electrons. The molecule has 3 saturated carbocycles. The molecule has 1 aromatic rings. The van der Waals surface area contributed by atoms with Gasteiger partial charge in [0.1, 0.15) is 11.6 Å². The van der Waals surface area contributed by atoms with E-state index in [1.165, 1.54) is 17.7 Å². The molecule has 0 aliphatic heterocycles. The molecule has 8 atom stereocenters. The van der Waals surface area contributed by atoms with Crippen molar-refractivity contribution in [3.63, 3.8) is 0 Å². The van der Waals surface area contributed by atoms with Gasteiger partial charge in [0, 0.05) is 18.8 Å². The minimum Gasteiger partial charge on any atom is -0.365 e. The van der Waals surface area contributed by atoms with Gasteiger partial charge in [-0.3, -0.25) is 4.79 Å². The molecule has 0 heterocycles. The number of benzene rings is 1. The van der Waals surface area contributed by atoms with Crippen LogP contribution in [0.1, 0.15) is 77.7 Å². The number of aliphatic hydroxyl groups is 1. The summed E-state index contributed by atoms with van der Waals surface area (Å²) in [6, 6.07) is 6.29. The van der Waals surface area contributed by atoms with Crippen LogP contribution < -0.4 is 0 Å². The lowest BCUT2D eigenvalue weighted by atomic mass is 9.45. The lowest BCUT2D eigenvalue weighted by molar-refractivity contribution is -0.232. The lowest BCUT2D eigenvalue weighted by Gasteiger charge is -2.60. The fourth-order valence-electron chi connectivity index (χ4n) is 8.79. The molecule has 0 spiro atoms. The number of allylic oxidation sites excluding steroid dienone is 2. The molecule has 0 radical (unpaired) electrons. The van der Waals surface area contributed by atoms with Gasteiger partial charge in [0.2, 0.25) is 0 Å². The molecule has 1 N–H and O–H groups in total. The Morgan fingerprint density at radius 2 is 1.89 bits per heavy atom. The molecule has 5 rings (SSSR count). The minimum absolute atomic E-state index is 0.0590. The van der Waals surface area contributed by atoms with Gasteiger partial charge in [-0.2, -0.15) is 0 Å². The zero-order valence-electron chi connectivity index (χ0n) is 21.6. The van der Waals surface area contributed by atoms with Crippen LogP contribution in [0.2, 0.25) is 0 Å². The van der Waals surface area contributed by atoms with Gasteiger partial charge < -0.3 is 9.84 Å². The molecule has 0 saturated heterocycles. The second-order valence-electron chi connectivity index (χ2n) is 12.4. The third-order valence-electron chi connectivity index (χ3n) is 10.6. The van der Waals surface area contributed by atoms with Crippen LogP contribution in [0.3, 0.4) is 0 Å². The van der Waals surface area contributed by atoms with Crippen molar-refractivity contribution in [1.29, 1.82) is 0 Å². The molecule has 0 amide bonds. The van der Waals surface area contributed by atoms with Crippen LogP contribution in [-0.4, -0.2) is 16.7 Å². The average Bonchev–Trinajstić information content (AvgIpc) is 3.17. The highest BCUT2D eigenvalue weighted by Crippen LogP contribution is 2.68. The van der Waals surface area contributed by atoms with Gasteiger partial charge in [-0.05, 0) is 97.6 Å². The lowest BCUT2D eigenvalue weighted by Crippen LogP contribution is -2.55. The standard InChI is InChI=1S/C31H41FO3/c1-5-6-22-17-23-18-31(34,35-19-21-7-9-24(32)10-8-21)16-15-29(23,3)27-13-14-30(4)25(20(2)33)11-12-26(30)28(22)27/h5,7-10,17,22,25-28,34H,1,6,11-16,18-19H2,2-4H3. The molecule has 3 fully saturated rings. The second kappa shape index (κ2) is 8.95. The van der Waals surface area contributed by atoms with Crippen molar-refractivity contribution in [3.8, 4) is 0 Å². The number of halogens is 1. The van der Waals surface area contributed by atoms with Crippen LogP contribution >= 0.6 is 0 Å².